The van der Waals surface area contributed by atoms with Crippen molar-refractivity contribution in [3.8, 4) is 17.2 Å². The Labute approximate surface area is 125 Å². The first-order chi connectivity index (χ1) is 10.4. The van der Waals surface area contributed by atoms with Gasteiger partial charge in [-0.05, 0) is 31.2 Å². The number of phenolic OH excluding ortho intramolecular Hbond substituents is 3. The summed E-state index contributed by atoms with van der Waals surface area (Å²) in [6.07, 6.45) is 0. The molecule has 9 nitrogen and oxygen atoms in total. The number of hydrazone groups is 1. The Hall–Kier alpha value is -3.10. The molecule has 1 aromatic carbocycles. The van der Waals surface area contributed by atoms with Crippen LogP contribution in [0.1, 0.15) is 18.2 Å². The monoisotopic (exact) mass is 305 g/mol. The Morgan fingerprint density at radius 3 is 2.59 bits per heavy atom. The normalized spacial score (nSPS) is 11.5. The van der Waals surface area contributed by atoms with Crippen molar-refractivity contribution in [2.75, 3.05) is 5.43 Å². The molecule has 0 aliphatic carbocycles. The van der Waals surface area contributed by atoms with Crippen molar-refractivity contribution in [2.24, 2.45) is 17.3 Å². The Bertz CT molecular complexity index is 766. The molecule has 4 N–H and O–H groups in total. The Balaban J connectivity index is 2.35. The van der Waals surface area contributed by atoms with E-state index in [4.69, 9.17) is 0 Å². The highest BCUT2D eigenvalue weighted by Gasteiger charge is 2.15. The molecule has 0 aliphatic heterocycles. The lowest BCUT2D eigenvalue weighted by Gasteiger charge is -2.08. The van der Waals surface area contributed by atoms with Gasteiger partial charge in [-0.1, -0.05) is 0 Å². The number of hydrogen-bond donors (Lipinski definition) is 4. The second-order valence-electron chi connectivity index (χ2n) is 4.64. The summed E-state index contributed by atoms with van der Waals surface area (Å²) in [7, 11) is 1.62. The van der Waals surface area contributed by atoms with Gasteiger partial charge >= 0.3 is 0 Å². The Morgan fingerprint density at radius 2 is 1.95 bits per heavy atom. The van der Waals surface area contributed by atoms with Crippen LogP contribution in [-0.2, 0) is 7.05 Å². The van der Waals surface area contributed by atoms with Crippen LogP contribution in [0.2, 0.25) is 0 Å². The lowest BCUT2D eigenvalue weighted by Crippen LogP contribution is -2.03. The number of nitrogens with zero attached hydrogens (tertiary/aromatic N) is 4. The molecule has 1 heterocycles. The summed E-state index contributed by atoms with van der Waals surface area (Å²) >= 11 is 0. The van der Waals surface area contributed by atoms with Crippen LogP contribution in [0.25, 0.3) is 0 Å². The van der Waals surface area contributed by atoms with Crippen LogP contribution in [0, 0.1) is 11.8 Å². The molecule has 22 heavy (non-hydrogen) atoms. The fourth-order valence-corrected chi connectivity index (χ4v) is 1.94. The molecule has 0 radical (unpaired) electrons. The number of benzene rings is 1. The predicted octanol–water partition coefficient (Wildman–Crippen LogP) is 2.08. The topological polar surface area (TPSA) is 132 Å². The summed E-state index contributed by atoms with van der Waals surface area (Å²) in [6.45, 7) is 3.22. The quantitative estimate of drug-likeness (QED) is 0.296. The molecule has 2 rings (SSSR count). The highest BCUT2D eigenvalue weighted by molar-refractivity contribution is 6.02. The first kappa shape index (κ1) is 15.3. The summed E-state index contributed by atoms with van der Waals surface area (Å²) in [5.41, 5.74) is 3.79. The van der Waals surface area contributed by atoms with E-state index in [2.05, 4.69) is 20.8 Å². The molecule has 0 spiro atoms. The summed E-state index contributed by atoms with van der Waals surface area (Å²) in [6, 6.07) is 2.63. The van der Waals surface area contributed by atoms with E-state index in [9.17, 15) is 20.2 Å². The number of anilines is 1. The van der Waals surface area contributed by atoms with Crippen molar-refractivity contribution >= 4 is 17.2 Å². The highest BCUT2D eigenvalue weighted by atomic mass is 16.3. The number of aromatic nitrogens is 2. The second-order valence-corrected chi connectivity index (χ2v) is 4.64. The maximum absolute atomic E-state index is 10.8. The smallest absolute Gasteiger partial charge is 0.200 e. The highest BCUT2D eigenvalue weighted by Crippen LogP contribution is 2.37. The number of nitrogens with one attached hydrogen (secondary N) is 1. The summed E-state index contributed by atoms with van der Waals surface area (Å²) in [4.78, 5) is 10.8. The van der Waals surface area contributed by atoms with Gasteiger partial charge in [0.05, 0.1) is 11.4 Å². The van der Waals surface area contributed by atoms with E-state index in [1.807, 2.05) is 0 Å². The number of aryl methyl sites for hydroxylation is 2. The van der Waals surface area contributed by atoms with Crippen LogP contribution in [0.4, 0.5) is 11.5 Å². The number of aromatic hydroxyl groups is 3. The molecule has 0 fully saturated rings. The molecular formula is C13H15N5O4. The van der Waals surface area contributed by atoms with E-state index in [0.717, 1.165) is 0 Å². The molecule has 0 saturated heterocycles. The van der Waals surface area contributed by atoms with Gasteiger partial charge in [-0.25, -0.2) is 4.68 Å². The van der Waals surface area contributed by atoms with Gasteiger partial charge in [-0.2, -0.15) is 10.2 Å². The maximum Gasteiger partial charge on any atom is 0.200 e. The molecule has 2 aromatic rings. The van der Waals surface area contributed by atoms with Gasteiger partial charge in [0.25, 0.3) is 0 Å². The molecular weight excluding hydrogens is 290 g/mol. The fraction of sp³-hybridized carbons (Fsp3) is 0.231. The molecule has 116 valence electrons. The number of nitroso groups, excluding NO2 is 1. The van der Waals surface area contributed by atoms with Crippen molar-refractivity contribution in [1.29, 1.82) is 0 Å². The molecule has 0 saturated carbocycles. The van der Waals surface area contributed by atoms with E-state index >= 15 is 0 Å². The zero-order chi connectivity index (χ0) is 16.4. The predicted molar refractivity (Wildman–Crippen MR) is 80.7 cm³/mol. The molecule has 1 aromatic heterocycles. The van der Waals surface area contributed by atoms with Crippen LogP contribution in [0.15, 0.2) is 22.4 Å². The summed E-state index contributed by atoms with van der Waals surface area (Å²) in [5, 5.41) is 39.6. The SMILES string of the molecule is C/C(=N\Nc1c(N=O)c(C)nn1C)c1ccc(O)c(O)c1O. The van der Waals surface area contributed by atoms with Gasteiger partial charge in [0.2, 0.25) is 5.75 Å². The molecule has 0 atom stereocenters. The van der Waals surface area contributed by atoms with Crippen molar-refractivity contribution < 1.29 is 15.3 Å². The minimum Gasteiger partial charge on any atom is -0.504 e. The first-order valence-electron chi connectivity index (χ1n) is 6.28. The van der Waals surface area contributed by atoms with Crippen molar-refractivity contribution in [3.63, 3.8) is 0 Å². The van der Waals surface area contributed by atoms with Crippen LogP contribution in [0.5, 0.6) is 17.2 Å². The summed E-state index contributed by atoms with van der Waals surface area (Å²) in [5.74, 6) is -1.25. The average molecular weight is 305 g/mol. The van der Waals surface area contributed by atoms with Gasteiger partial charge < -0.3 is 15.3 Å². The molecule has 0 unspecified atom stereocenters. The van der Waals surface area contributed by atoms with Crippen LogP contribution >= 0.6 is 0 Å². The fourth-order valence-electron chi connectivity index (χ4n) is 1.94. The Morgan fingerprint density at radius 1 is 1.27 bits per heavy atom. The van der Waals surface area contributed by atoms with Crippen molar-refractivity contribution in [1.82, 2.24) is 9.78 Å². The lowest BCUT2D eigenvalue weighted by atomic mass is 10.1. The molecule has 0 aliphatic rings. The molecule has 0 bridgehead atoms. The minimum absolute atomic E-state index is 0.136. The lowest BCUT2D eigenvalue weighted by molar-refractivity contribution is 0.367. The third-order valence-electron chi connectivity index (χ3n) is 3.13. The third kappa shape index (κ3) is 2.55. The van der Waals surface area contributed by atoms with Crippen molar-refractivity contribution in [3.05, 3.63) is 28.3 Å². The second kappa shape index (κ2) is 5.72. The van der Waals surface area contributed by atoms with Gasteiger partial charge in [0, 0.05) is 12.6 Å². The summed E-state index contributed by atoms with van der Waals surface area (Å²) < 4.78 is 1.41. The number of phenols is 3. The third-order valence-corrected chi connectivity index (χ3v) is 3.13. The number of hydrogen-bond acceptors (Lipinski definition) is 8. The van der Waals surface area contributed by atoms with Gasteiger partial charge in [0.1, 0.15) is 0 Å². The largest absolute Gasteiger partial charge is 0.504 e. The average Bonchev–Trinajstić information content (AvgIpc) is 2.75. The van der Waals surface area contributed by atoms with E-state index in [-0.39, 0.29) is 11.3 Å². The minimum atomic E-state index is -0.626. The number of rotatable bonds is 4. The van der Waals surface area contributed by atoms with E-state index in [1.165, 1.54) is 16.8 Å². The van der Waals surface area contributed by atoms with Crippen LogP contribution < -0.4 is 5.43 Å². The van der Waals surface area contributed by atoms with Gasteiger partial charge in [0.15, 0.2) is 23.0 Å². The van der Waals surface area contributed by atoms with Crippen molar-refractivity contribution in [2.45, 2.75) is 13.8 Å². The van der Waals surface area contributed by atoms with Crippen LogP contribution in [-0.4, -0.2) is 30.8 Å². The zero-order valence-electron chi connectivity index (χ0n) is 12.2. The maximum atomic E-state index is 10.8. The molecule has 9 heteroatoms. The van der Waals surface area contributed by atoms with Crippen LogP contribution in [0.3, 0.4) is 0 Å². The van der Waals surface area contributed by atoms with E-state index in [0.29, 0.717) is 17.2 Å². The van der Waals surface area contributed by atoms with E-state index < -0.39 is 17.2 Å². The zero-order valence-corrected chi connectivity index (χ0v) is 12.2. The van der Waals surface area contributed by atoms with Gasteiger partial charge in [-0.15, -0.1) is 4.91 Å². The first-order valence-corrected chi connectivity index (χ1v) is 6.28. The molecule has 0 amide bonds. The standard InChI is InChI=1S/C13H15N5O4/c1-6(8-4-5-9(19)12(21)11(8)20)14-15-13-10(17-22)7(2)16-18(13)3/h4-5,15,19-21H,1-3H3/b14-6+. The van der Waals surface area contributed by atoms with Gasteiger partial charge in [-0.3, -0.25) is 5.43 Å². The van der Waals surface area contributed by atoms with E-state index in [1.54, 1.807) is 20.9 Å². The Kier molecular flexibility index (Phi) is 3.97.